The molecule has 0 atom stereocenters. The molecule has 1 aromatic rings. The van der Waals surface area contributed by atoms with Gasteiger partial charge in [-0.25, -0.2) is 4.98 Å². The van der Waals surface area contributed by atoms with Crippen molar-refractivity contribution in [1.29, 1.82) is 0 Å². The number of pyridine rings is 1. The predicted molar refractivity (Wildman–Crippen MR) is 79.7 cm³/mol. The zero-order valence-electron chi connectivity index (χ0n) is 11.5. The molecule has 1 aromatic heterocycles. The molecule has 1 aliphatic rings. The van der Waals surface area contributed by atoms with Gasteiger partial charge >= 0.3 is 0 Å². The third-order valence-electron chi connectivity index (χ3n) is 3.34. The number of hydrogen-bond acceptors (Lipinski definition) is 4. The molecule has 5 nitrogen and oxygen atoms in total. The second-order valence-corrected chi connectivity index (χ2v) is 5.74. The first-order valence-corrected chi connectivity index (χ1v) is 7.48. The van der Waals surface area contributed by atoms with E-state index in [-0.39, 0.29) is 12.5 Å². The number of carbonyl (C=O) groups is 1. The monoisotopic (exact) mass is 342 g/mol. The Morgan fingerprint density at radius 3 is 2.85 bits per heavy atom. The summed E-state index contributed by atoms with van der Waals surface area (Å²) in [7, 11) is 1.53. The van der Waals surface area contributed by atoms with Crippen LogP contribution >= 0.6 is 15.9 Å². The lowest BCUT2D eigenvalue weighted by Gasteiger charge is -2.29. The molecule has 0 aromatic carbocycles. The van der Waals surface area contributed by atoms with Crippen molar-refractivity contribution in [3.8, 4) is 0 Å². The van der Waals surface area contributed by atoms with Crippen molar-refractivity contribution >= 4 is 27.7 Å². The highest BCUT2D eigenvalue weighted by Crippen LogP contribution is 2.21. The van der Waals surface area contributed by atoms with Gasteiger partial charge in [-0.3, -0.25) is 9.69 Å². The smallest absolute Gasteiger partial charge is 0.254 e. The molecule has 1 fully saturated rings. The van der Waals surface area contributed by atoms with Crippen molar-refractivity contribution in [3.05, 3.63) is 22.8 Å². The quantitative estimate of drug-likeness (QED) is 0.823. The van der Waals surface area contributed by atoms with Crippen LogP contribution in [0.1, 0.15) is 12.8 Å². The minimum Gasteiger partial charge on any atom is -0.381 e. The molecule has 0 aliphatic carbocycles. The molecule has 6 heteroatoms. The van der Waals surface area contributed by atoms with Gasteiger partial charge in [0.15, 0.2) is 0 Å². The number of halogens is 1. The number of aromatic nitrogens is 1. The van der Waals surface area contributed by atoms with E-state index in [1.807, 2.05) is 12.1 Å². The Labute approximate surface area is 127 Å². The van der Waals surface area contributed by atoms with Crippen LogP contribution in [0.2, 0.25) is 0 Å². The normalized spacial score (nSPS) is 16.1. The number of nitrogens with zero attached hydrogens (tertiary/aromatic N) is 2. The molecule has 0 radical (unpaired) electrons. The molecular formula is C14H19BrN2O3. The summed E-state index contributed by atoms with van der Waals surface area (Å²) in [6.45, 7) is 2.27. The molecule has 1 saturated heterocycles. The first kappa shape index (κ1) is 15.4. The van der Waals surface area contributed by atoms with Crippen LogP contribution in [-0.2, 0) is 14.3 Å². The summed E-state index contributed by atoms with van der Waals surface area (Å²) in [5.41, 5.74) is 0. The average Bonchev–Trinajstić information content (AvgIpc) is 2.47. The third-order valence-corrected chi connectivity index (χ3v) is 3.81. The molecule has 1 aliphatic heterocycles. The minimum absolute atomic E-state index is 0.0613. The van der Waals surface area contributed by atoms with Crippen LogP contribution in [0.3, 0.4) is 0 Å². The zero-order chi connectivity index (χ0) is 14.4. The van der Waals surface area contributed by atoms with Crippen molar-refractivity contribution < 1.29 is 14.3 Å². The Kier molecular flexibility index (Phi) is 5.94. The van der Waals surface area contributed by atoms with Crippen molar-refractivity contribution in [2.45, 2.75) is 12.8 Å². The fraction of sp³-hybridized carbons (Fsp3) is 0.571. The number of carbonyl (C=O) groups excluding carboxylic acids is 1. The van der Waals surface area contributed by atoms with E-state index < -0.39 is 0 Å². The lowest BCUT2D eigenvalue weighted by atomic mass is 9.99. The van der Waals surface area contributed by atoms with Crippen molar-refractivity contribution in [1.82, 2.24) is 4.98 Å². The van der Waals surface area contributed by atoms with Crippen LogP contribution in [0, 0.1) is 5.92 Å². The van der Waals surface area contributed by atoms with E-state index in [0.29, 0.717) is 18.3 Å². The highest BCUT2D eigenvalue weighted by Gasteiger charge is 2.23. The molecule has 0 N–H and O–H groups in total. The largest absolute Gasteiger partial charge is 0.381 e. The van der Waals surface area contributed by atoms with E-state index in [0.717, 1.165) is 30.5 Å². The fourth-order valence-electron chi connectivity index (χ4n) is 2.24. The maximum Gasteiger partial charge on any atom is 0.254 e. The van der Waals surface area contributed by atoms with Gasteiger partial charge in [-0.05, 0) is 46.8 Å². The number of amides is 1. The summed E-state index contributed by atoms with van der Waals surface area (Å²) >= 11 is 3.35. The van der Waals surface area contributed by atoms with Gasteiger partial charge in [0.25, 0.3) is 5.91 Å². The van der Waals surface area contributed by atoms with Crippen LogP contribution in [0.25, 0.3) is 0 Å². The summed E-state index contributed by atoms with van der Waals surface area (Å²) < 4.78 is 11.2. The van der Waals surface area contributed by atoms with Crippen LogP contribution in [0.15, 0.2) is 22.8 Å². The van der Waals surface area contributed by atoms with Gasteiger partial charge in [0.2, 0.25) is 0 Å². The Morgan fingerprint density at radius 2 is 2.25 bits per heavy atom. The number of hydrogen-bond donors (Lipinski definition) is 0. The standard InChI is InChI=1S/C14H19BrN2O3/c1-19-10-14(18)17(9-11-4-6-20-7-5-11)13-3-2-12(15)8-16-13/h2-3,8,11H,4-7,9-10H2,1H3. The van der Waals surface area contributed by atoms with Gasteiger partial charge < -0.3 is 9.47 Å². The Bertz CT molecular complexity index is 433. The average molecular weight is 343 g/mol. The minimum atomic E-state index is -0.0613. The Morgan fingerprint density at radius 1 is 1.50 bits per heavy atom. The van der Waals surface area contributed by atoms with Crippen molar-refractivity contribution in [2.24, 2.45) is 5.92 Å². The second-order valence-electron chi connectivity index (χ2n) is 4.83. The van der Waals surface area contributed by atoms with Gasteiger partial charge in [0.1, 0.15) is 12.4 Å². The predicted octanol–water partition coefficient (Wildman–Crippen LogP) is 2.25. The number of anilines is 1. The van der Waals surface area contributed by atoms with E-state index in [1.54, 1.807) is 11.1 Å². The summed E-state index contributed by atoms with van der Waals surface area (Å²) in [6.07, 6.45) is 3.66. The number of methoxy groups -OCH3 is 1. The maximum atomic E-state index is 12.2. The second kappa shape index (κ2) is 7.71. The SMILES string of the molecule is COCC(=O)N(CC1CCOCC1)c1ccc(Br)cn1. The summed E-state index contributed by atoms with van der Waals surface area (Å²) in [4.78, 5) is 18.3. The van der Waals surface area contributed by atoms with E-state index in [9.17, 15) is 4.79 Å². The van der Waals surface area contributed by atoms with E-state index in [1.165, 1.54) is 7.11 Å². The van der Waals surface area contributed by atoms with Crippen LogP contribution in [0.4, 0.5) is 5.82 Å². The summed E-state index contributed by atoms with van der Waals surface area (Å²) in [6, 6.07) is 3.73. The van der Waals surface area contributed by atoms with Gasteiger partial charge in [-0.2, -0.15) is 0 Å². The van der Waals surface area contributed by atoms with Crippen molar-refractivity contribution in [3.63, 3.8) is 0 Å². The molecule has 0 bridgehead atoms. The first-order chi connectivity index (χ1) is 9.70. The number of ether oxygens (including phenoxy) is 2. The van der Waals surface area contributed by atoms with Gasteiger partial charge in [0.05, 0.1) is 0 Å². The first-order valence-electron chi connectivity index (χ1n) is 6.69. The zero-order valence-corrected chi connectivity index (χ0v) is 13.1. The molecular weight excluding hydrogens is 324 g/mol. The molecule has 2 rings (SSSR count). The summed E-state index contributed by atoms with van der Waals surface area (Å²) in [5.74, 6) is 1.06. The van der Waals surface area contributed by atoms with Crippen LogP contribution in [0.5, 0.6) is 0 Å². The molecule has 0 saturated carbocycles. The number of rotatable bonds is 5. The third kappa shape index (κ3) is 4.26. The molecule has 20 heavy (non-hydrogen) atoms. The van der Waals surface area contributed by atoms with Crippen LogP contribution in [-0.4, -0.2) is 44.4 Å². The lowest BCUT2D eigenvalue weighted by molar-refractivity contribution is -0.122. The van der Waals surface area contributed by atoms with Crippen molar-refractivity contribution in [2.75, 3.05) is 38.4 Å². The Hall–Kier alpha value is -0.980. The van der Waals surface area contributed by atoms with E-state index >= 15 is 0 Å². The topological polar surface area (TPSA) is 51.7 Å². The highest BCUT2D eigenvalue weighted by molar-refractivity contribution is 9.10. The Balaban J connectivity index is 2.10. The van der Waals surface area contributed by atoms with Gasteiger partial charge in [-0.15, -0.1) is 0 Å². The lowest BCUT2D eigenvalue weighted by Crippen LogP contribution is -2.39. The van der Waals surface area contributed by atoms with Gasteiger partial charge in [-0.1, -0.05) is 0 Å². The van der Waals surface area contributed by atoms with E-state index in [2.05, 4.69) is 20.9 Å². The highest BCUT2D eigenvalue weighted by atomic mass is 79.9. The van der Waals surface area contributed by atoms with Gasteiger partial charge in [0, 0.05) is 37.5 Å². The molecule has 0 unspecified atom stereocenters. The molecule has 1 amide bonds. The summed E-state index contributed by atoms with van der Waals surface area (Å²) in [5, 5.41) is 0. The molecule has 2 heterocycles. The van der Waals surface area contributed by atoms with Crippen LogP contribution < -0.4 is 4.90 Å². The molecule has 110 valence electrons. The van der Waals surface area contributed by atoms with E-state index in [4.69, 9.17) is 9.47 Å². The fourth-order valence-corrected chi connectivity index (χ4v) is 2.47. The molecule has 0 spiro atoms. The maximum absolute atomic E-state index is 12.2.